The Kier molecular flexibility index (Phi) is 3.50. The van der Waals surface area contributed by atoms with Crippen molar-refractivity contribution in [3.63, 3.8) is 0 Å². The van der Waals surface area contributed by atoms with Gasteiger partial charge in [0.25, 0.3) is 0 Å². The van der Waals surface area contributed by atoms with Crippen LogP contribution in [-0.2, 0) is 4.84 Å². The third kappa shape index (κ3) is 2.30. The lowest BCUT2D eigenvalue weighted by Gasteiger charge is -2.00. The van der Waals surface area contributed by atoms with Gasteiger partial charge in [-0.05, 0) is 18.6 Å². The summed E-state index contributed by atoms with van der Waals surface area (Å²) in [6.07, 6.45) is 1.78. The van der Waals surface area contributed by atoms with Gasteiger partial charge >= 0.3 is 0 Å². The zero-order valence-corrected chi connectivity index (χ0v) is 11.3. The topological polar surface area (TPSA) is 37.4 Å². The molecule has 0 aliphatic heterocycles. The molecule has 0 radical (unpaired) electrons. The van der Waals surface area contributed by atoms with Crippen LogP contribution >= 0.6 is 0 Å². The Hall–Kier alpha value is -2.55. The van der Waals surface area contributed by atoms with Crippen LogP contribution in [0.25, 0.3) is 22.2 Å². The van der Waals surface area contributed by atoms with Gasteiger partial charge in [0.15, 0.2) is 0 Å². The molecule has 0 spiro atoms. The zero-order chi connectivity index (χ0) is 13.8. The van der Waals surface area contributed by atoms with E-state index < -0.39 is 0 Å². The maximum absolute atomic E-state index is 5.10. The van der Waals surface area contributed by atoms with Crippen LogP contribution in [0.1, 0.15) is 12.5 Å². The van der Waals surface area contributed by atoms with Crippen molar-refractivity contribution in [2.24, 2.45) is 5.16 Å². The fraction of sp³-hybridized carbons (Fsp3) is 0.118. The van der Waals surface area contributed by atoms with Gasteiger partial charge in [-0.25, -0.2) is 0 Å². The second kappa shape index (κ2) is 5.61. The molecule has 0 bridgehead atoms. The minimum atomic E-state index is 0.569. The Morgan fingerprint density at radius 2 is 1.80 bits per heavy atom. The Bertz CT molecular complexity index is 729. The minimum Gasteiger partial charge on any atom is -0.396 e. The molecule has 0 saturated carbocycles. The van der Waals surface area contributed by atoms with Crippen LogP contribution in [0.3, 0.4) is 0 Å². The van der Waals surface area contributed by atoms with E-state index in [1.54, 1.807) is 6.21 Å². The van der Waals surface area contributed by atoms with Crippen LogP contribution in [0.5, 0.6) is 0 Å². The Balaban J connectivity index is 2.17. The first kappa shape index (κ1) is 12.5. The van der Waals surface area contributed by atoms with Crippen LogP contribution in [0.2, 0.25) is 0 Å². The summed E-state index contributed by atoms with van der Waals surface area (Å²) in [4.78, 5) is 8.56. The molecule has 0 aliphatic carbocycles. The summed E-state index contributed by atoms with van der Waals surface area (Å²) in [5, 5.41) is 5.17. The fourth-order valence-corrected chi connectivity index (χ4v) is 2.29. The molecular weight excluding hydrogens is 248 g/mol. The lowest BCUT2D eigenvalue weighted by molar-refractivity contribution is 0.160. The highest BCUT2D eigenvalue weighted by atomic mass is 16.6. The number of hydrogen-bond acceptors (Lipinski definition) is 2. The Morgan fingerprint density at radius 3 is 2.60 bits per heavy atom. The molecule has 0 saturated heterocycles. The number of aromatic amines is 1. The van der Waals surface area contributed by atoms with E-state index in [9.17, 15) is 0 Å². The van der Waals surface area contributed by atoms with Gasteiger partial charge < -0.3 is 9.82 Å². The molecule has 100 valence electrons. The molecule has 1 aromatic heterocycles. The smallest absolute Gasteiger partial charge is 0.114 e. The second-order valence-electron chi connectivity index (χ2n) is 4.48. The van der Waals surface area contributed by atoms with Gasteiger partial charge in [-0.2, -0.15) is 0 Å². The molecule has 0 aliphatic rings. The van der Waals surface area contributed by atoms with Gasteiger partial charge in [-0.15, -0.1) is 0 Å². The molecule has 2 aromatic carbocycles. The normalized spacial score (nSPS) is 11.2. The number of H-pyrrole nitrogens is 1. The van der Waals surface area contributed by atoms with Gasteiger partial charge in [0.05, 0.1) is 11.9 Å². The number of para-hydroxylation sites is 1. The fourth-order valence-electron chi connectivity index (χ4n) is 2.29. The number of oxime groups is 1. The first-order valence-electron chi connectivity index (χ1n) is 6.71. The Labute approximate surface area is 117 Å². The highest BCUT2D eigenvalue weighted by molar-refractivity contribution is 6.05. The monoisotopic (exact) mass is 264 g/mol. The summed E-state index contributed by atoms with van der Waals surface area (Å²) >= 11 is 0. The molecule has 20 heavy (non-hydrogen) atoms. The van der Waals surface area contributed by atoms with Crippen LogP contribution in [0.15, 0.2) is 59.8 Å². The lowest BCUT2D eigenvalue weighted by atomic mass is 10.1. The van der Waals surface area contributed by atoms with E-state index in [-0.39, 0.29) is 0 Å². The van der Waals surface area contributed by atoms with Crippen LogP contribution < -0.4 is 0 Å². The SMILES string of the molecule is CCO/N=C/c1c(-c2ccccc2)[nH]c2ccccc12. The summed E-state index contributed by atoms with van der Waals surface area (Å²) in [5.74, 6) is 0. The molecule has 3 nitrogen and oxygen atoms in total. The number of nitrogens with zero attached hydrogens (tertiary/aromatic N) is 1. The Morgan fingerprint density at radius 1 is 1.05 bits per heavy atom. The maximum Gasteiger partial charge on any atom is 0.114 e. The zero-order valence-electron chi connectivity index (χ0n) is 11.3. The van der Waals surface area contributed by atoms with E-state index in [1.807, 2.05) is 37.3 Å². The third-order valence-electron chi connectivity index (χ3n) is 3.19. The summed E-state index contributed by atoms with van der Waals surface area (Å²) in [5.41, 5.74) is 4.36. The molecule has 3 rings (SSSR count). The number of benzene rings is 2. The summed E-state index contributed by atoms with van der Waals surface area (Å²) in [6.45, 7) is 2.49. The van der Waals surface area contributed by atoms with Gasteiger partial charge in [-0.3, -0.25) is 0 Å². The molecule has 1 N–H and O–H groups in total. The van der Waals surface area contributed by atoms with Crippen molar-refractivity contribution < 1.29 is 4.84 Å². The van der Waals surface area contributed by atoms with Crippen molar-refractivity contribution in [2.75, 3.05) is 6.61 Å². The van der Waals surface area contributed by atoms with Gasteiger partial charge in [0, 0.05) is 16.5 Å². The highest BCUT2D eigenvalue weighted by Gasteiger charge is 2.10. The van der Waals surface area contributed by atoms with Crippen LogP contribution in [0, 0.1) is 0 Å². The van der Waals surface area contributed by atoms with E-state index in [0.29, 0.717) is 6.61 Å². The lowest BCUT2D eigenvalue weighted by Crippen LogP contribution is -1.87. The van der Waals surface area contributed by atoms with Crippen molar-refractivity contribution in [1.82, 2.24) is 4.98 Å². The van der Waals surface area contributed by atoms with Crippen LogP contribution in [-0.4, -0.2) is 17.8 Å². The number of fused-ring (bicyclic) bond motifs is 1. The molecule has 0 atom stereocenters. The molecule has 3 aromatic rings. The molecule has 0 fully saturated rings. The van der Waals surface area contributed by atoms with E-state index in [1.165, 1.54) is 0 Å². The summed E-state index contributed by atoms with van der Waals surface area (Å²) < 4.78 is 0. The number of aromatic nitrogens is 1. The second-order valence-corrected chi connectivity index (χ2v) is 4.48. The molecular formula is C17H16N2O. The number of rotatable bonds is 4. The molecule has 1 heterocycles. The van der Waals surface area contributed by atoms with Gasteiger partial charge in [0.1, 0.15) is 6.61 Å². The quantitative estimate of drug-likeness (QED) is 0.556. The van der Waals surface area contributed by atoms with Gasteiger partial charge in [0.2, 0.25) is 0 Å². The standard InChI is InChI=1S/C17H16N2O/c1-2-20-18-12-15-14-10-6-7-11-16(14)19-17(15)13-8-4-3-5-9-13/h3-12,19H,2H2,1H3/b18-12+. The molecule has 0 amide bonds. The van der Waals surface area contributed by atoms with Crippen LogP contribution in [0.4, 0.5) is 0 Å². The largest absolute Gasteiger partial charge is 0.396 e. The highest BCUT2D eigenvalue weighted by Crippen LogP contribution is 2.28. The van der Waals surface area contributed by atoms with Gasteiger partial charge in [-0.1, -0.05) is 53.7 Å². The van der Waals surface area contributed by atoms with E-state index >= 15 is 0 Å². The predicted octanol–water partition coefficient (Wildman–Crippen LogP) is 4.21. The molecule has 0 unspecified atom stereocenters. The third-order valence-corrected chi connectivity index (χ3v) is 3.19. The summed E-state index contributed by atoms with van der Waals surface area (Å²) in [7, 11) is 0. The van der Waals surface area contributed by atoms with E-state index in [4.69, 9.17) is 4.84 Å². The maximum atomic E-state index is 5.10. The molecule has 3 heteroatoms. The summed E-state index contributed by atoms with van der Waals surface area (Å²) in [6, 6.07) is 18.5. The first-order chi connectivity index (χ1) is 9.90. The average Bonchev–Trinajstić information content (AvgIpc) is 2.87. The van der Waals surface area contributed by atoms with Crippen molar-refractivity contribution in [1.29, 1.82) is 0 Å². The number of nitrogens with one attached hydrogen (secondary N) is 1. The average molecular weight is 264 g/mol. The number of hydrogen-bond donors (Lipinski definition) is 1. The van der Waals surface area contributed by atoms with Crippen molar-refractivity contribution >= 4 is 17.1 Å². The predicted molar refractivity (Wildman–Crippen MR) is 83.0 cm³/mol. The minimum absolute atomic E-state index is 0.569. The van der Waals surface area contributed by atoms with Crippen molar-refractivity contribution in [2.45, 2.75) is 6.92 Å². The van der Waals surface area contributed by atoms with E-state index in [0.717, 1.165) is 27.7 Å². The first-order valence-corrected chi connectivity index (χ1v) is 6.71. The van der Waals surface area contributed by atoms with Crippen molar-refractivity contribution in [3.05, 3.63) is 60.2 Å². The van der Waals surface area contributed by atoms with E-state index in [2.05, 4.69) is 34.4 Å². The van der Waals surface area contributed by atoms with Crippen molar-refractivity contribution in [3.8, 4) is 11.3 Å².